The van der Waals surface area contributed by atoms with Gasteiger partial charge in [-0.25, -0.2) is 9.38 Å². The van der Waals surface area contributed by atoms with Crippen molar-refractivity contribution in [2.24, 2.45) is 10.3 Å². The van der Waals surface area contributed by atoms with Gasteiger partial charge in [0, 0.05) is 10.6 Å². The molecule has 0 spiro atoms. The van der Waals surface area contributed by atoms with Gasteiger partial charge in [-0.05, 0) is 43.0 Å². The summed E-state index contributed by atoms with van der Waals surface area (Å²) in [5.41, 5.74) is 1.55. The first-order valence-electron chi connectivity index (χ1n) is 5.91. The lowest BCUT2D eigenvalue weighted by Crippen LogP contribution is -1.84. The Labute approximate surface area is 124 Å². The molecular weight excluding hydrogens is 280 g/mol. The molecule has 19 heavy (non-hydrogen) atoms. The lowest BCUT2D eigenvalue weighted by atomic mass is 10.1. The summed E-state index contributed by atoms with van der Waals surface area (Å²) < 4.78 is 8.87. The number of aromatic nitrogens is 1. The van der Waals surface area contributed by atoms with Gasteiger partial charge in [-0.3, -0.25) is 0 Å². The molecule has 0 amide bonds. The SMILES string of the molecule is CC(C)C.S/N=C/c1ncoc1-c1ccc(Cl)cc1. The van der Waals surface area contributed by atoms with E-state index in [2.05, 4.69) is 43.0 Å². The molecule has 0 atom stereocenters. The van der Waals surface area contributed by atoms with E-state index in [1.54, 1.807) is 12.1 Å². The molecule has 0 aliphatic heterocycles. The second-order valence-corrected chi connectivity index (χ2v) is 5.22. The fraction of sp³-hybridized carbons (Fsp3) is 0.286. The van der Waals surface area contributed by atoms with Crippen molar-refractivity contribution in [1.82, 2.24) is 4.98 Å². The monoisotopic (exact) mass is 296 g/mol. The van der Waals surface area contributed by atoms with Gasteiger partial charge in [-0.15, -0.1) is 0 Å². The van der Waals surface area contributed by atoms with Crippen LogP contribution in [0.3, 0.4) is 0 Å². The Balaban J connectivity index is 0.000000399. The molecule has 2 rings (SSSR count). The molecule has 0 unspecified atom stereocenters. The first-order valence-corrected chi connectivity index (χ1v) is 6.69. The molecule has 0 radical (unpaired) electrons. The van der Waals surface area contributed by atoms with Crippen molar-refractivity contribution in [3.8, 4) is 11.3 Å². The van der Waals surface area contributed by atoms with Crippen molar-refractivity contribution in [1.29, 1.82) is 0 Å². The Hall–Kier alpha value is -1.26. The van der Waals surface area contributed by atoms with Crippen molar-refractivity contribution < 1.29 is 4.42 Å². The minimum atomic E-state index is 0.646. The Kier molecular flexibility index (Phi) is 6.67. The van der Waals surface area contributed by atoms with Crippen molar-refractivity contribution >= 4 is 30.6 Å². The molecule has 1 heterocycles. The van der Waals surface area contributed by atoms with Crippen LogP contribution in [0.1, 0.15) is 26.5 Å². The fourth-order valence-electron chi connectivity index (χ4n) is 1.22. The summed E-state index contributed by atoms with van der Waals surface area (Å²) in [6.07, 6.45) is 2.89. The van der Waals surface area contributed by atoms with Crippen LogP contribution in [-0.2, 0) is 0 Å². The highest BCUT2D eigenvalue weighted by molar-refractivity contribution is 7.79. The van der Waals surface area contributed by atoms with Crippen LogP contribution in [0, 0.1) is 5.92 Å². The van der Waals surface area contributed by atoms with E-state index in [1.165, 1.54) is 12.6 Å². The number of thiol groups is 1. The van der Waals surface area contributed by atoms with E-state index in [-0.39, 0.29) is 0 Å². The summed E-state index contributed by atoms with van der Waals surface area (Å²) in [7, 11) is 0. The number of rotatable bonds is 2. The lowest BCUT2D eigenvalue weighted by Gasteiger charge is -1.97. The second kappa shape index (κ2) is 8.02. The Bertz CT molecular complexity index is 518. The summed E-state index contributed by atoms with van der Waals surface area (Å²) in [6, 6.07) is 7.31. The summed E-state index contributed by atoms with van der Waals surface area (Å²) in [5.74, 6) is 1.49. The minimum Gasteiger partial charge on any atom is -0.443 e. The first kappa shape index (κ1) is 15.8. The van der Waals surface area contributed by atoms with Crippen LogP contribution in [0.25, 0.3) is 11.3 Å². The lowest BCUT2D eigenvalue weighted by molar-refractivity contribution is 0.572. The van der Waals surface area contributed by atoms with E-state index < -0.39 is 0 Å². The van der Waals surface area contributed by atoms with Gasteiger partial charge >= 0.3 is 0 Å². The third-order valence-corrected chi connectivity index (χ3v) is 2.25. The van der Waals surface area contributed by atoms with Crippen LogP contribution < -0.4 is 0 Å². The van der Waals surface area contributed by atoms with E-state index in [4.69, 9.17) is 16.0 Å². The Morgan fingerprint density at radius 1 is 1.26 bits per heavy atom. The van der Waals surface area contributed by atoms with Gasteiger partial charge in [0.2, 0.25) is 0 Å². The number of halogens is 1. The smallest absolute Gasteiger partial charge is 0.182 e. The summed E-state index contributed by atoms with van der Waals surface area (Å²) >= 11 is 9.54. The fourth-order valence-corrected chi connectivity index (χ4v) is 1.45. The Morgan fingerprint density at radius 3 is 2.37 bits per heavy atom. The van der Waals surface area contributed by atoms with Crippen LogP contribution in [0.5, 0.6) is 0 Å². The average molecular weight is 297 g/mol. The highest BCUT2D eigenvalue weighted by atomic mass is 35.5. The van der Waals surface area contributed by atoms with Gasteiger partial charge in [0.1, 0.15) is 5.69 Å². The van der Waals surface area contributed by atoms with Crippen molar-refractivity contribution in [3.05, 3.63) is 41.4 Å². The number of oxazole rings is 1. The molecule has 3 nitrogen and oxygen atoms in total. The van der Waals surface area contributed by atoms with Gasteiger partial charge in [0.15, 0.2) is 12.2 Å². The standard InChI is InChI=1S/C10H7ClN2OS.C4H10/c11-8-3-1-7(2-4-8)10-9(5-13-15)12-6-14-10;1-4(2)3/h1-6,15H;4H,1-3H3/b13-5+;. The molecule has 0 N–H and O–H groups in total. The molecule has 1 aromatic carbocycles. The van der Waals surface area contributed by atoms with Gasteiger partial charge in [-0.2, -0.15) is 0 Å². The van der Waals surface area contributed by atoms with Crippen LogP contribution in [0.4, 0.5) is 0 Å². The zero-order valence-corrected chi connectivity index (χ0v) is 12.8. The maximum atomic E-state index is 5.79. The first-order chi connectivity index (χ1) is 9.04. The zero-order chi connectivity index (χ0) is 14.3. The molecular formula is C14H17ClN2OS. The molecule has 0 aliphatic carbocycles. The van der Waals surface area contributed by atoms with Crippen LogP contribution in [0.15, 0.2) is 39.5 Å². The molecule has 5 heteroatoms. The van der Waals surface area contributed by atoms with Gasteiger partial charge < -0.3 is 4.42 Å². The predicted molar refractivity (Wildman–Crippen MR) is 84.0 cm³/mol. The summed E-state index contributed by atoms with van der Waals surface area (Å²) in [5, 5.41) is 0.683. The van der Waals surface area contributed by atoms with Crippen LogP contribution in [-0.4, -0.2) is 11.2 Å². The van der Waals surface area contributed by atoms with E-state index in [9.17, 15) is 0 Å². The van der Waals surface area contributed by atoms with E-state index in [1.807, 2.05) is 12.1 Å². The molecule has 2 aromatic rings. The maximum absolute atomic E-state index is 5.79. The summed E-state index contributed by atoms with van der Waals surface area (Å²) in [6.45, 7) is 6.50. The Morgan fingerprint density at radius 2 is 1.84 bits per heavy atom. The van der Waals surface area contributed by atoms with E-state index in [0.29, 0.717) is 16.5 Å². The van der Waals surface area contributed by atoms with E-state index in [0.717, 1.165) is 11.5 Å². The summed E-state index contributed by atoms with van der Waals surface area (Å²) in [4.78, 5) is 4.01. The topological polar surface area (TPSA) is 38.4 Å². The molecule has 0 aliphatic rings. The maximum Gasteiger partial charge on any atom is 0.182 e. The zero-order valence-electron chi connectivity index (χ0n) is 11.2. The number of hydrogen-bond donors (Lipinski definition) is 1. The third-order valence-electron chi connectivity index (χ3n) is 1.88. The molecule has 0 bridgehead atoms. The third kappa shape index (κ3) is 5.49. The van der Waals surface area contributed by atoms with Crippen LogP contribution >= 0.6 is 24.4 Å². The molecule has 102 valence electrons. The minimum absolute atomic E-state index is 0.646. The molecule has 0 fully saturated rings. The highest BCUT2D eigenvalue weighted by Gasteiger charge is 2.08. The van der Waals surface area contributed by atoms with Crippen molar-refractivity contribution in [2.45, 2.75) is 20.8 Å². The highest BCUT2D eigenvalue weighted by Crippen LogP contribution is 2.23. The largest absolute Gasteiger partial charge is 0.443 e. The van der Waals surface area contributed by atoms with Gasteiger partial charge in [0.05, 0.1) is 6.21 Å². The predicted octanol–water partition coefficient (Wildman–Crippen LogP) is 4.92. The molecule has 0 saturated heterocycles. The number of hydrogen-bond acceptors (Lipinski definition) is 4. The van der Waals surface area contributed by atoms with Crippen molar-refractivity contribution in [2.75, 3.05) is 0 Å². The van der Waals surface area contributed by atoms with E-state index >= 15 is 0 Å². The number of benzene rings is 1. The second-order valence-electron chi connectivity index (χ2n) is 4.55. The molecule has 0 saturated carbocycles. The molecule has 1 aromatic heterocycles. The number of nitrogens with zero attached hydrogens (tertiary/aromatic N) is 2. The van der Waals surface area contributed by atoms with Crippen molar-refractivity contribution in [3.63, 3.8) is 0 Å². The van der Waals surface area contributed by atoms with Crippen LogP contribution in [0.2, 0.25) is 5.02 Å². The quantitative estimate of drug-likeness (QED) is 0.631. The normalized spacial score (nSPS) is 10.6. The van der Waals surface area contributed by atoms with Gasteiger partial charge in [0.25, 0.3) is 0 Å². The average Bonchev–Trinajstić information content (AvgIpc) is 2.78. The van der Waals surface area contributed by atoms with Gasteiger partial charge in [-0.1, -0.05) is 32.4 Å².